The SMILES string of the molecule is O=C(NCCc1c[nH]c2ccccc12)c1ccc2c(c1)NC(=O)c1ccccc1N2. The minimum Gasteiger partial charge on any atom is -0.361 e. The Morgan fingerprint density at radius 1 is 0.867 bits per heavy atom. The van der Waals surface area contributed by atoms with Crippen LogP contribution in [0.25, 0.3) is 10.9 Å². The second-order valence-corrected chi connectivity index (χ2v) is 7.25. The van der Waals surface area contributed by atoms with Gasteiger partial charge < -0.3 is 20.9 Å². The molecule has 2 amide bonds. The number of hydrogen-bond acceptors (Lipinski definition) is 3. The van der Waals surface area contributed by atoms with Gasteiger partial charge in [-0.25, -0.2) is 0 Å². The van der Waals surface area contributed by atoms with Crippen molar-refractivity contribution in [1.82, 2.24) is 10.3 Å². The van der Waals surface area contributed by atoms with Crippen LogP contribution >= 0.6 is 0 Å². The van der Waals surface area contributed by atoms with Gasteiger partial charge in [0.15, 0.2) is 0 Å². The third-order valence-corrected chi connectivity index (χ3v) is 5.33. The fourth-order valence-electron chi connectivity index (χ4n) is 3.77. The Balaban J connectivity index is 1.29. The van der Waals surface area contributed by atoms with Crippen molar-refractivity contribution in [2.75, 3.05) is 17.2 Å². The van der Waals surface area contributed by atoms with E-state index in [-0.39, 0.29) is 11.8 Å². The van der Waals surface area contributed by atoms with Crippen molar-refractivity contribution in [3.05, 3.63) is 89.6 Å². The summed E-state index contributed by atoms with van der Waals surface area (Å²) in [5, 5.41) is 10.3. The van der Waals surface area contributed by atoms with Gasteiger partial charge in [-0.3, -0.25) is 9.59 Å². The Labute approximate surface area is 173 Å². The molecule has 0 fully saturated rings. The number of hydrogen-bond donors (Lipinski definition) is 4. The third kappa shape index (κ3) is 3.28. The van der Waals surface area contributed by atoms with Crippen molar-refractivity contribution in [3.63, 3.8) is 0 Å². The molecule has 4 aromatic rings. The summed E-state index contributed by atoms with van der Waals surface area (Å²) in [7, 11) is 0. The van der Waals surface area contributed by atoms with Crippen LogP contribution in [0, 0.1) is 0 Å². The first-order valence-electron chi connectivity index (χ1n) is 9.84. The van der Waals surface area contributed by atoms with E-state index in [2.05, 4.69) is 27.0 Å². The molecule has 0 spiro atoms. The molecule has 1 aromatic heterocycles. The number of H-pyrrole nitrogens is 1. The lowest BCUT2D eigenvalue weighted by Gasteiger charge is -2.11. The summed E-state index contributed by atoms with van der Waals surface area (Å²) in [6, 6.07) is 20.7. The highest BCUT2D eigenvalue weighted by Gasteiger charge is 2.19. The molecule has 6 heteroatoms. The number of carbonyl (C=O) groups is 2. The van der Waals surface area contributed by atoms with Crippen LogP contribution in [-0.2, 0) is 6.42 Å². The second kappa shape index (κ2) is 7.40. The quantitative estimate of drug-likeness (QED) is 0.411. The zero-order valence-electron chi connectivity index (χ0n) is 16.2. The predicted octanol–water partition coefficient (Wildman–Crippen LogP) is 4.45. The molecular formula is C24H20N4O2. The number of anilines is 3. The molecule has 1 aliphatic rings. The van der Waals surface area contributed by atoms with Gasteiger partial charge in [-0.05, 0) is 48.4 Å². The summed E-state index contributed by atoms with van der Waals surface area (Å²) in [6.07, 6.45) is 2.71. The number of benzene rings is 3. The molecule has 0 radical (unpaired) electrons. The standard InChI is InChI=1S/C24H20N4O2/c29-23(25-12-11-16-14-26-19-7-3-1-5-17(16)19)15-9-10-21-22(13-15)28-24(30)18-6-2-4-8-20(18)27-21/h1-10,13-14,26-27H,11-12H2,(H,25,29)(H,28,30). The van der Waals surface area contributed by atoms with Crippen molar-refractivity contribution in [1.29, 1.82) is 0 Å². The van der Waals surface area contributed by atoms with Gasteiger partial charge in [0.2, 0.25) is 0 Å². The molecule has 0 saturated carbocycles. The van der Waals surface area contributed by atoms with Gasteiger partial charge in [-0.15, -0.1) is 0 Å². The van der Waals surface area contributed by atoms with E-state index in [0.717, 1.165) is 23.3 Å². The molecule has 148 valence electrons. The van der Waals surface area contributed by atoms with Gasteiger partial charge in [0.1, 0.15) is 0 Å². The maximum atomic E-state index is 12.7. The molecule has 30 heavy (non-hydrogen) atoms. The van der Waals surface area contributed by atoms with Crippen LogP contribution in [0.4, 0.5) is 17.1 Å². The van der Waals surface area contributed by atoms with Crippen LogP contribution in [0.3, 0.4) is 0 Å². The molecule has 6 nitrogen and oxygen atoms in total. The summed E-state index contributed by atoms with van der Waals surface area (Å²) in [5.41, 5.74) is 5.41. The first-order valence-corrected chi connectivity index (χ1v) is 9.84. The minimum atomic E-state index is -0.200. The number of rotatable bonds is 4. The topological polar surface area (TPSA) is 86.0 Å². The minimum absolute atomic E-state index is 0.173. The van der Waals surface area contributed by atoms with Crippen LogP contribution in [0.1, 0.15) is 26.3 Å². The summed E-state index contributed by atoms with van der Waals surface area (Å²) < 4.78 is 0. The van der Waals surface area contributed by atoms with Crippen LogP contribution in [0.5, 0.6) is 0 Å². The Bertz CT molecular complexity index is 1280. The highest BCUT2D eigenvalue weighted by Crippen LogP contribution is 2.32. The molecular weight excluding hydrogens is 376 g/mol. The fourth-order valence-corrected chi connectivity index (χ4v) is 3.77. The van der Waals surface area contributed by atoms with Crippen molar-refractivity contribution in [2.45, 2.75) is 6.42 Å². The van der Waals surface area contributed by atoms with E-state index >= 15 is 0 Å². The van der Waals surface area contributed by atoms with E-state index in [1.165, 1.54) is 10.9 Å². The number of para-hydroxylation sites is 2. The van der Waals surface area contributed by atoms with E-state index in [0.29, 0.717) is 23.4 Å². The summed E-state index contributed by atoms with van der Waals surface area (Å²) >= 11 is 0. The average molecular weight is 396 g/mol. The van der Waals surface area contributed by atoms with Gasteiger partial charge in [0.25, 0.3) is 11.8 Å². The zero-order chi connectivity index (χ0) is 20.5. The van der Waals surface area contributed by atoms with Crippen molar-refractivity contribution < 1.29 is 9.59 Å². The van der Waals surface area contributed by atoms with Crippen molar-refractivity contribution in [3.8, 4) is 0 Å². The normalized spacial score (nSPS) is 12.3. The summed E-state index contributed by atoms with van der Waals surface area (Å²) in [4.78, 5) is 28.4. The third-order valence-electron chi connectivity index (χ3n) is 5.33. The highest BCUT2D eigenvalue weighted by molar-refractivity contribution is 6.12. The zero-order valence-corrected chi connectivity index (χ0v) is 16.2. The Morgan fingerprint density at radius 2 is 1.70 bits per heavy atom. The lowest BCUT2D eigenvalue weighted by Crippen LogP contribution is -2.25. The number of carbonyl (C=O) groups excluding carboxylic acids is 2. The number of amides is 2. The van der Waals surface area contributed by atoms with Crippen LogP contribution in [0.2, 0.25) is 0 Å². The van der Waals surface area contributed by atoms with Crippen LogP contribution < -0.4 is 16.0 Å². The largest absolute Gasteiger partial charge is 0.361 e. The molecule has 0 atom stereocenters. The molecule has 4 N–H and O–H groups in total. The van der Waals surface area contributed by atoms with E-state index < -0.39 is 0 Å². The molecule has 0 unspecified atom stereocenters. The second-order valence-electron chi connectivity index (χ2n) is 7.25. The number of fused-ring (bicyclic) bond motifs is 3. The molecule has 3 aromatic carbocycles. The van der Waals surface area contributed by atoms with Gasteiger partial charge >= 0.3 is 0 Å². The molecule has 5 rings (SSSR count). The van der Waals surface area contributed by atoms with E-state index in [1.807, 2.05) is 48.7 Å². The lowest BCUT2D eigenvalue weighted by molar-refractivity contribution is 0.0952. The Kier molecular flexibility index (Phi) is 4.44. The smallest absolute Gasteiger partial charge is 0.257 e. The molecule has 0 aliphatic carbocycles. The lowest BCUT2D eigenvalue weighted by atomic mass is 10.1. The fraction of sp³-hybridized carbons (Fsp3) is 0.0833. The van der Waals surface area contributed by atoms with Gasteiger partial charge in [-0.2, -0.15) is 0 Å². The predicted molar refractivity (Wildman–Crippen MR) is 118 cm³/mol. The number of aromatic amines is 1. The van der Waals surface area contributed by atoms with Crippen molar-refractivity contribution in [2.24, 2.45) is 0 Å². The first-order chi connectivity index (χ1) is 14.7. The Hall–Kier alpha value is -4.06. The summed E-state index contributed by atoms with van der Waals surface area (Å²) in [6.45, 7) is 0.522. The Morgan fingerprint density at radius 3 is 2.63 bits per heavy atom. The van der Waals surface area contributed by atoms with Gasteiger partial charge in [-0.1, -0.05) is 30.3 Å². The first kappa shape index (κ1) is 18.0. The molecule has 1 aliphatic heterocycles. The molecule has 2 heterocycles. The van der Waals surface area contributed by atoms with E-state index in [1.54, 1.807) is 18.2 Å². The van der Waals surface area contributed by atoms with E-state index in [4.69, 9.17) is 0 Å². The highest BCUT2D eigenvalue weighted by atomic mass is 16.2. The van der Waals surface area contributed by atoms with Gasteiger partial charge in [0.05, 0.1) is 22.6 Å². The number of nitrogens with one attached hydrogen (secondary N) is 4. The maximum absolute atomic E-state index is 12.7. The summed E-state index contributed by atoms with van der Waals surface area (Å²) in [5.74, 6) is -0.373. The van der Waals surface area contributed by atoms with Crippen LogP contribution in [0.15, 0.2) is 72.9 Å². The molecule has 0 bridgehead atoms. The monoisotopic (exact) mass is 396 g/mol. The van der Waals surface area contributed by atoms with Crippen LogP contribution in [-0.4, -0.2) is 23.3 Å². The van der Waals surface area contributed by atoms with E-state index in [9.17, 15) is 9.59 Å². The van der Waals surface area contributed by atoms with Gasteiger partial charge in [0, 0.05) is 29.2 Å². The maximum Gasteiger partial charge on any atom is 0.257 e. The number of aromatic nitrogens is 1. The van der Waals surface area contributed by atoms with Crippen molar-refractivity contribution >= 4 is 39.8 Å². The molecule has 0 saturated heterocycles. The average Bonchev–Trinajstić information content (AvgIpc) is 3.11.